The minimum atomic E-state index is 0.433. The van der Waals surface area contributed by atoms with Crippen molar-refractivity contribution in [2.24, 2.45) is 0 Å². The van der Waals surface area contributed by atoms with Gasteiger partial charge in [-0.05, 0) is 54.3 Å². The van der Waals surface area contributed by atoms with E-state index < -0.39 is 0 Å². The Labute approximate surface area is 173 Å². The van der Waals surface area contributed by atoms with Gasteiger partial charge >= 0.3 is 0 Å². The van der Waals surface area contributed by atoms with Crippen LogP contribution in [0.2, 0.25) is 0 Å². The molecular weight excluding hydrogens is 358 g/mol. The normalized spacial score (nSPS) is 16.7. The van der Waals surface area contributed by atoms with Gasteiger partial charge in [-0.1, -0.05) is 42.5 Å². The molecule has 4 rings (SSSR count). The highest BCUT2D eigenvalue weighted by molar-refractivity contribution is 5.73. The fraction of sp³-hybridized carbons (Fsp3) is 0.320. The second-order valence-electron chi connectivity index (χ2n) is 7.83. The number of hydrogen-bond acceptors (Lipinski definition) is 4. The standard InChI is InChI=1S/C25H29N3O/c1-27(2)25-17-19(14-15-26-25)23-12-8-16-28(23)18-20-9-4-5-10-21(20)22-11-6-7-13-24(22)29-3/h4-7,9-11,13-15,17,23H,8,12,16,18H2,1-3H3. The minimum Gasteiger partial charge on any atom is -0.496 e. The summed E-state index contributed by atoms with van der Waals surface area (Å²) in [6.45, 7) is 2.04. The van der Waals surface area contributed by atoms with Crippen LogP contribution in [-0.2, 0) is 6.54 Å². The molecule has 3 aromatic rings. The van der Waals surface area contributed by atoms with Crippen LogP contribution in [0, 0.1) is 0 Å². The van der Waals surface area contributed by atoms with Crippen LogP contribution >= 0.6 is 0 Å². The molecule has 1 aromatic heterocycles. The number of benzene rings is 2. The van der Waals surface area contributed by atoms with E-state index in [-0.39, 0.29) is 0 Å². The number of methoxy groups -OCH3 is 1. The number of hydrogen-bond donors (Lipinski definition) is 0. The maximum atomic E-state index is 5.63. The zero-order valence-electron chi connectivity index (χ0n) is 17.5. The second-order valence-corrected chi connectivity index (χ2v) is 7.83. The maximum Gasteiger partial charge on any atom is 0.128 e. The van der Waals surface area contributed by atoms with Gasteiger partial charge in [0.05, 0.1) is 7.11 Å². The molecule has 1 aliphatic rings. The number of para-hydroxylation sites is 1. The van der Waals surface area contributed by atoms with E-state index in [1.807, 2.05) is 32.4 Å². The first-order valence-electron chi connectivity index (χ1n) is 10.3. The lowest BCUT2D eigenvalue weighted by Gasteiger charge is -2.27. The molecule has 0 aliphatic carbocycles. The van der Waals surface area contributed by atoms with Gasteiger partial charge in [-0.15, -0.1) is 0 Å². The van der Waals surface area contributed by atoms with E-state index in [1.165, 1.54) is 29.5 Å². The first-order chi connectivity index (χ1) is 14.2. The van der Waals surface area contributed by atoms with Gasteiger partial charge in [-0.25, -0.2) is 4.98 Å². The third-order valence-corrected chi connectivity index (χ3v) is 5.76. The van der Waals surface area contributed by atoms with Crippen LogP contribution in [0.25, 0.3) is 11.1 Å². The Morgan fingerprint density at radius 2 is 1.79 bits per heavy atom. The SMILES string of the molecule is COc1ccccc1-c1ccccc1CN1CCCC1c1ccnc(N(C)C)c1. The Morgan fingerprint density at radius 1 is 1.03 bits per heavy atom. The average Bonchev–Trinajstić information content (AvgIpc) is 3.22. The second kappa shape index (κ2) is 8.66. The van der Waals surface area contributed by atoms with E-state index in [1.54, 1.807) is 7.11 Å². The van der Waals surface area contributed by atoms with Gasteiger partial charge in [-0.2, -0.15) is 0 Å². The third-order valence-electron chi connectivity index (χ3n) is 5.76. The highest BCUT2D eigenvalue weighted by atomic mass is 16.5. The molecule has 0 saturated carbocycles. The summed E-state index contributed by atoms with van der Waals surface area (Å²) < 4.78 is 5.63. The molecule has 4 nitrogen and oxygen atoms in total. The lowest BCUT2D eigenvalue weighted by atomic mass is 9.97. The van der Waals surface area contributed by atoms with Gasteiger partial charge in [0.2, 0.25) is 0 Å². The topological polar surface area (TPSA) is 28.6 Å². The van der Waals surface area contributed by atoms with E-state index in [4.69, 9.17) is 4.74 Å². The number of likely N-dealkylation sites (tertiary alicyclic amines) is 1. The zero-order valence-corrected chi connectivity index (χ0v) is 17.5. The van der Waals surface area contributed by atoms with Crippen LogP contribution in [0.4, 0.5) is 5.82 Å². The molecule has 0 bridgehead atoms. The lowest BCUT2D eigenvalue weighted by molar-refractivity contribution is 0.249. The summed E-state index contributed by atoms with van der Waals surface area (Å²) in [5, 5.41) is 0. The highest BCUT2D eigenvalue weighted by Crippen LogP contribution is 2.37. The van der Waals surface area contributed by atoms with Crippen LogP contribution in [0.15, 0.2) is 66.9 Å². The molecule has 0 N–H and O–H groups in total. The molecule has 1 atom stereocenters. The summed E-state index contributed by atoms with van der Waals surface area (Å²) in [5.74, 6) is 1.94. The van der Waals surface area contributed by atoms with Crippen LogP contribution in [0.1, 0.15) is 30.0 Å². The van der Waals surface area contributed by atoms with E-state index in [2.05, 4.69) is 63.3 Å². The predicted molar refractivity (Wildman–Crippen MR) is 119 cm³/mol. The van der Waals surface area contributed by atoms with Crippen molar-refractivity contribution in [3.63, 3.8) is 0 Å². The molecule has 29 heavy (non-hydrogen) atoms. The highest BCUT2D eigenvalue weighted by Gasteiger charge is 2.27. The van der Waals surface area contributed by atoms with Crippen LogP contribution < -0.4 is 9.64 Å². The molecule has 1 saturated heterocycles. The fourth-order valence-electron chi connectivity index (χ4n) is 4.29. The van der Waals surface area contributed by atoms with Crippen molar-refractivity contribution in [2.45, 2.75) is 25.4 Å². The van der Waals surface area contributed by atoms with Gasteiger partial charge in [0.15, 0.2) is 0 Å². The average molecular weight is 388 g/mol. The number of pyridine rings is 1. The third kappa shape index (κ3) is 4.13. The van der Waals surface area contributed by atoms with Gasteiger partial charge in [0, 0.05) is 38.4 Å². The van der Waals surface area contributed by atoms with Crippen molar-refractivity contribution in [3.05, 3.63) is 78.0 Å². The summed E-state index contributed by atoms with van der Waals surface area (Å²) in [5.41, 5.74) is 5.10. The van der Waals surface area contributed by atoms with Crippen molar-refractivity contribution in [2.75, 3.05) is 32.6 Å². The van der Waals surface area contributed by atoms with E-state index in [0.29, 0.717) is 6.04 Å². The molecule has 2 aromatic carbocycles. The Kier molecular flexibility index (Phi) is 5.81. The molecular formula is C25H29N3O. The first-order valence-corrected chi connectivity index (χ1v) is 10.3. The Morgan fingerprint density at radius 3 is 2.59 bits per heavy atom. The number of ether oxygens (including phenoxy) is 1. The van der Waals surface area contributed by atoms with Gasteiger partial charge in [0.1, 0.15) is 11.6 Å². The summed E-state index contributed by atoms with van der Waals surface area (Å²) in [4.78, 5) is 9.16. The number of rotatable bonds is 6. The van der Waals surface area contributed by atoms with Crippen molar-refractivity contribution < 1.29 is 4.74 Å². The van der Waals surface area contributed by atoms with Crippen molar-refractivity contribution >= 4 is 5.82 Å². The predicted octanol–water partition coefficient (Wildman–Crippen LogP) is 5.16. The summed E-state index contributed by atoms with van der Waals surface area (Å²) in [6, 6.07) is 21.8. The number of aromatic nitrogens is 1. The largest absolute Gasteiger partial charge is 0.496 e. The van der Waals surface area contributed by atoms with Crippen LogP contribution in [-0.4, -0.2) is 37.6 Å². The molecule has 4 heteroatoms. The zero-order chi connectivity index (χ0) is 20.2. The molecule has 0 amide bonds. The molecule has 2 heterocycles. The molecule has 0 spiro atoms. The lowest BCUT2D eigenvalue weighted by Crippen LogP contribution is -2.23. The Balaban J connectivity index is 1.64. The summed E-state index contributed by atoms with van der Waals surface area (Å²) in [6.07, 6.45) is 4.35. The smallest absolute Gasteiger partial charge is 0.128 e. The number of nitrogens with zero attached hydrogens (tertiary/aromatic N) is 3. The van der Waals surface area contributed by atoms with Gasteiger partial charge in [0.25, 0.3) is 0 Å². The Hall–Kier alpha value is -2.85. The Bertz CT molecular complexity index is 970. The maximum absolute atomic E-state index is 5.63. The molecule has 1 fully saturated rings. The number of anilines is 1. The van der Waals surface area contributed by atoms with Gasteiger partial charge in [-0.3, -0.25) is 4.90 Å². The monoisotopic (exact) mass is 387 g/mol. The quantitative estimate of drug-likeness (QED) is 0.584. The fourth-order valence-corrected chi connectivity index (χ4v) is 4.29. The van der Waals surface area contributed by atoms with Crippen molar-refractivity contribution in [1.82, 2.24) is 9.88 Å². The molecule has 150 valence electrons. The van der Waals surface area contributed by atoms with Gasteiger partial charge < -0.3 is 9.64 Å². The minimum absolute atomic E-state index is 0.433. The summed E-state index contributed by atoms with van der Waals surface area (Å²) in [7, 11) is 5.83. The molecule has 1 aliphatic heterocycles. The van der Waals surface area contributed by atoms with E-state index in [0.717, 1.165) is 30.2 Å². The molecule has 0 radical (unpaired) electrons. The van der Waals surface area contributed by atoms with Crippen LogP contribution in [0.5, 0.6) is 5.75 Å². The molecule has 1 unspecified atom stereocenters. The van der Waals surface area contributed by atoms with Crippen molar-refractivity contribution in [3.8, 4) is 16.9 Å². The van der Waals surface area contributed by atoms with Crippen LogP contribution in [0.3, 0.4) is 0 Å². The van der Waals surface area contributed by atoms with E-state index >= 15 is 0 Å². The first kappa shape index (κ1) is 19.5. The van der Waals surface area contributed by atoms with Crippen molar-refractivity contribution in [1.29, 1.82) is 0 Å². The summed E-state index contributed by atoms with van der Waals surface area (Å²) >= 11 is 0. The van der Waals surface area contributed by atoms with E-state index in [9.17, 15) is 0 Å².